The summed E-state index contributed by atoms with van der Waals surface area (Å²) in [7, 11) is 3.94. The second kappa shape index (κ2) is 5.20. The average molecular weight is 288 g/mol. The van der Waals surface area contributed by atoms with Crippen LogP contribution in [0.15, 0.2) is 24.3 Å². The Bertz CT molecular complexity index is 616. The molecule has 1 N–H and O–H groups in total. The number of aromatic nitrogens is 2. The van der Waals surface area contributed by atoms with Gasteiger partial charge in [0.2, 0.25) is 5.13 Å². The van der Waals surface area contributed by atoms with Gasteiger partial charge in [-0.15, -0.1) is 10.2 Å². The maximum Gasteiger partial charge on any atom is 0.257 e. The molecule has 1 saturated carbocycles. The molecule has 1 aromatic carbocycles. The lowest BCUT2D eigenvalue weighted by Crippen LogP contribution is -2.13. The molecule has 0 atom stereocenters. The van der Waals surface area contributed by atoms with E-state index in [-0.39, 0.29) is 5.91 Å². The highest BCUT2D eigenvalue weighted by atomic mass is 32.1. The van der Waals surface area contributed by atoms with Gasteiger partial charge in [-0.05, 0) is 37.1 Å². The number of carbonyl (C=O) groups excluding carboxylic acids is 1. The molecule has 1 amide bonds. The fourth-order valence-electron chi connectivity index (χ4n) is 1.86. The maximum atomic E-state index is 12.1. The molecule has 5 nitrogen and oxygen atoms in total. The molecule has 0 saturated heterocycles. The van der Waals surface area contributed by atoms with Crippen molar-refractivity contribution in [3.63, 3.8) is 0 Å². The Kier molecular flexibility index (Phi) is 3.40. The van der Waals surface area contributed by atoms with Gasteiger partial charge in [-0.1, -0.05) is 11.3 Å². The first kappa shape index (κ1) is 13.1. The molecule has 1 heterocycles. The Morgan fingerprint density at radius 2 is 1.95 bits per heavy atom. The standard InChI is InChI=1S/C14H16N4OS/c1-18(2)11-7-5-9(6-8-11)12(19)15-14-17-16-13(20-14)10-3-4-10/h5-8,10H,3-4H2,1-2H3,(H,15,17,19). The van der Waals surface area contributed by atoms with E-state index in [0.29, 0.717) is 16.6 Å². The molecule has 0 aliphatic heterocycles. The van der Waals surface area contributed by atoms with Gasteiger partial charge in [0.1, 0.15) is 5.01 Å². The quantitative estimate of drug-likeness (QED) is 0.940. The summed E-state index contributed by atoms with van der Waals surface area (Å²) in [5.74, 6) is 0.423. The summed E-state index contributed by atoms with van der Waals surface area (Å²) in [4.78, 5) is 14.1. The molecule has 1 aliphatic carbocycles. The van der Waals surface area contributed by atoms with Gasteiger partial charge >= 0.3 is 0 Å². The molecular weight excluding hydrogens is 272 g/mol. The predicted octanol–water partition coefficient (Wildman–Crippen LogP) is 2.73. The second-order valence-electron chi connectivity index (χ2n) is 5.12. The monoisotopic (exact) mass is 288 g/mol. The highest BCUT2D eigenvalue weighted by Gasteiger charge is 2.27. The molecule has 1 aliphatic rings. The van der Waals surface area contributed by atoms with E-state index >= 15 is 0 Å². The Hall–Kier alpha value is -1.95. The largest absolute Gasteiger partial charge is 0.378 e. The zero-order valence-electron chi connectivity index (χ0n) is 11.5. The summed E-state index contributed by atoms with van der Waals surface area (Å²) in [6.07, 6.45) is 2.38. The number of nitrogens with one attached hydrogen (secondary N) is 1. The van der Waals surface area contributed by atoms with Crippen molar-refractivity contribution in [1.29, 1.82) is 0 Å². The highest BCUT2D eigenvalue weighted by Crippen LogP contribution is 2.42. The highest BCUT2D eigenvalue weighted by molar-refractivity contribution is 7.15. The zero-order valence-corrected chi connectivity index (χ0v) is 12.3. The van der Waals surface area contributed by atoms with Crippen molar-refractivity contribution in [3.8, 4) is 0 Å². The summed E-state index contributed by atoms with van der Waals surface area (Å²) in [6, 6.07) is 7.47. The van der Waals surface area contributed by atoms with Gasteiger partial charge in [-0.3, -0.25) is 10.1 Å². The Balaban J connectivity index is 1.68. The molecule has 0 unspecified atom stereocenters. The van der Waals surface area contributed by atoms with E-state index < -0.39 is 0 Å². The first-order valence-electron chi connectivity index (χ1n) is 6.55. The minimum atomic E-state index is -0.145. The number of benzene rings is 1. The molecule has 0 spiro atoms. The van der Waals surface area contributed by atoms with E-state index in [4.69, 9.17) is 0 Å². The molecule has 2 aromatic rings. The van der Waals surface area contributed by atoms with E-state index in [1.54, 1.807) is 0 Å². The number of amides is 1. The lowest BCUT2D eigenvalue weighted by atomic mass is 10.2. The lowest BCUT2D eigenvalue weighted by Gasteiger charge is -2.12. The van der Waals surface area contributed by atoms with Crippen molar-refractivity contribution in [2.75, 3.05) is 24.3 Å². The number of hydrogen-bond acceptors (Lipinski definition) is 5. The number of carbonyl (C=O) groups is 1. The Morgan fingerprint density at radius 3 is 2.55 bits per heavy atom. The summed E-state index contributed by atoms with van der Waals surface area (Å²) in [6.45, 7) is 0. The van der Waals surface area contributed by atoms with Gasteiger partial charge in [0.15, 0.2) is 0 Å². The molecule has 3 rings (SSSR count). The SMILES string of the molecule is CN(C)c1ccc(C(=O)Nc2nnc(C3CC3)s2)cc1. The molecule has 0 radical (unpaired) electrons. The Morgan fingerprint density at radius 1 is 1.25 bits per heavy atom. The van der Waals surface area contributed by atoms with Gasteiger partial charge in [-0.2, -0.15) is 0 Å². The molecule has 0 bridgehead atoms. The van der Waals surface area contributed by atoms with Gasteiger partial charge in [-0.25, -0.2) is 0 Å². The van der Waals surface area contributed by atoms with E-state index in [0.717, 1.165) is 10.7 Å². The van der Waals surface area contributed by atoms with Crippen LogP contribution in [0, 0.1) is 0 Å². The van der Waals surface area contributed by atoms with Crippen molar-refractivity contribution < 1.29 is 4.79 Å². The third kappa shape index (κ3) is 2.80. The van der Waals surface area contributed by atoms with Crippen molar-refractivity contribution >= 4 is 28.1 Å². The average Bonchev–Trinajstić information content (AvgIpc) is 3.20. The van der Waals surface area contributed by atoms with E-state index in [9.17, 15) is 4.79 Å². The van der Waals surface area contributed by atoms with Crippen molar-refractivity contribution in [1.82, 2.24) is 10.2 Å². The second-order valence-corrected chi connectivity index (χ2v) is 6.12. The van der Waals surface area contributed by atoms with Crippen LogP contribution in [0.2, 0.25) is 0 Å². The predicted molar refractivity (Wildman–Crippen MR) is 80.6 cm³/mol. The van der Waals surface area contributed by atoms with Crippen LogP contribution in [0.5, 0.6) is 0 Å². The van der Waals surface area contributed by atoms with Crippen LogP contribution in [-0.4, -0.2) is 30.2 Å². The van der Waals surface area contributed by atoms with Crippen LogP contribution < -0.4 is 10.2 Å². The maximum absolute atomic E-state index is 12.1. The van der Waals surface area contributed by atoms with Crippen LogP contribution in [0.4, 0.5) is 10.8 Å². The van der Waals surface area contributed by atoms with Crippen LogP contribution in [0.3, 0.4) is 0 Å². The number of nitrogens with zero attached hydrogens (tertiary/aromatic N) is 3. The minimum Gasteiger partial charge on any atom is -0.378 e. The summed E-state index contributed by atoms with van der Waals surface area (Å²) in [5, 5.41) is 12.5. The zero-order chi connectivity index (χ0) is 14.1. The first-order valence-corrected chi connectivity index (χ1v) is 7.37. The third-order valence-corrected chi connectivity index (χ3v) is 4.23. The molecule has 20 heavy (non-hydrogen) atoms. The van der Waals surface area contributed by atoms with Crippen molar-refractivity contribution in [3.05, 3.63) is 34.8 Å². The summed E-state index contributed by atoms with van der Waals surface area (Å²) >= 11 is 1.47. The van der Waals surface area contributed by atoms with E-state index in [1.807, 2.05) is 43.3 Å². The smallest absolute Gasteiger partial charge is 0.257 e. The number of hydrogen-bond donors (Lipinski definition) is 1. The summed E-state index contributed by atoms with van der Waals surface area (Å²) in [5.41, 5.74) is 1.69. The lowest BCUT2D eigenvalue weighted by molar-refractivity contribution is 0.102. The Labute approximate surface area is 121 Å². The van der Waals surface area contributed by atoms with E-state index in [2.05, 4.69) is 15.5 Å². The first-order chi connectivity index (χ1) is 9.63. The molecule has 1 fully saturated rings. The van der Waals surface area contributed by atoms with Crippen LogP contribution in [0.1, 0.15) is 34.1 Å². The van der Waals surface area contributed by atoms with Gasteiger partial charge in [0.05, 0.1) is 0 Å². The van der Waals surface area contributed by atoms with Crippen LogP contribution >= 0.6 is 11.3 Å². The van der Waals surface area contributed by atoms with Gasteiger partial charge in [0, 0.05) is 31.3 Å². The number of rotatable bonds is 4. The van der Waals surface area contributed by atoms with Gasteiger partial charge in [0.25, 0.3) is 5.91 Å². The van der Waals surface area contributed by atoms with Crippen molar-refractivity contribution in [2.45, 2.75) is 18.8 Å². The van der Waals surface area contributed by atoms with Crippen LogP contribution in [0.25, 0.3) is 0 Å². The van der Waals surface area contributed by atoms with Crippen LogP contribution in [-0.2, 0) is 0 Å². The van der Waals surface area contributed by atoms with Gasteiger partial charge < -0.3 is 4.90 Å². The normalized spacial score (nSPS) is 14.1. The fraction of sp³-hybridized carbons (Fsp3) is 0.357. The molecular formula is C14H16N4OS. The number of anilines is 2. The van der Waals surface area contributed by atoms with E-state index in [1.165, 1.54) is 24.2 Å². The molecule has 104 valence electrons. The topological polar surface area (TPSA) is 58.1 Å². The minimum absolute atomic E-state index is 0.145. The summed E-state index contributed by atoms with van der Waals surface area (Å²) < 4.78 is 0. The fourth-order valence-corrected chi connectivity index (χ4v) is 2.77. The molecule has 1 aromatic heterocycles. The third-order valence-electron chi connectivity index (χ3n) is 3.23. The van der Waals surface area contributed by atoms with Crippen molar-refractivity contribution in [2.24, 2.45) is 0 Å². The molecule has 6 heteroatoms.